The van der Waals surface area contributed by atoms with Crippen LogP contribution in [0.1, 0.15) is 25.3 Å². The van der Waals surface area contributed by atoms with Crippen LogP contribution in [-0.4, -0.2) is 26.3 Å². The largest absolute Gasteiger partial charge is 0.399 e. The van der Waals surface area contributed by atoms with Crippen molar-refractivity contribution < 1.29 is 4.74 Å². The van der Waals surface area contributed by atoms with Crippen LogP contribution < -0.4 is 10.6 Å². The van der Waals surface area contributed by atoms with E-state index in [0.29, 0.717) is 6.04 Å². The molecule has 0 spiro atoms. The van der Waals surface area contributed by atoms with Gasteiger partial charge >= 0.3 is 0 Å². The summed E-state index contributed by atoms with van der Waals surface area (Å²) in [7, 11) is 1.76. The number of anilines is 2. The second-order valence-corrected chi connectivity index (χ2v) is 4.82. The number of benzene rings is 1. The van der Waals surface area contributed by atoms with Gasteiger partial charge in [0.25, 0.3) is 0 Å². The van der Waals surface area contributed by atoms with Crippen molar-refractivity contribution in [2.75, 3.05) is 30.9 Å². The van der Waals surface area contributed by atoms with Gasteiger partial charge in [-0.25, -0.2) is 0 Å². The lowest BCUT2D eigenvalue weighted by molar-refractivity contribution is 0.188. The standard InChI is InChI=1S/C14H22N2O/c1-11(7-9-17-2)16-8-3-4-12-5-6-13(15)10-14(12)16/h5-6,10-11H,3-4,7-9,15H2,1-2H3. The number of rotatable bonds is 4. The van der Waals surface area contributed by atoms with E-state index in [0.717, 1.165) is 25.3 Å². The van der Waals surface area contributed by atoms with Gasteiger partial charge in [0, 0.05) is 37.7 Å². The van der Waals surface area contributed by atoms with E-state index in [1.807, 2.05) is 6.07 Å². The molecule has 0 aliphatic carbocycles. The average molecular weight is 234 g/mol. The molecule has 0 bridgehead atoms. The Balaban J connectivity index is 2.18. The minimum Gasteiger partial charge on any atom is -0.399 e. The molecular weight excluding hydrogens is 212 g/mol. The minimum atomic E-state index is 0.510. The normalized spacial score (nSPS) is 16.7. The molecular formula is C14H22N2O. The van der Waals surface area contributed by atoms with Crippen LogP contribution >= 0.6 is 0 Å². The number of aryl methyl sites for hydroxylation is 1. The van der Waals surface area contributed by atoms with Crippen molar-refractivity contribution in [2.45, 2.75) is 32.2 Å². The summed E-state index contributed by atoms with van der Waals surface area (Å²) in [5.41, 5.74) is 9.49. The number of fused-ring (bicyclic) bond motifs is 1. The first kappa shape index (κ1) is 12.2. The first-order valence-corrected chi connectivity index (χ1v) is 6.36. The highest BCUT2D eigenvalue weighted by Gasteiger charge is 2.21. The highest BCUT2D eigenvalue weighted by atomic mass is 16.5. The number of nitrogens with zero attached hydrogens (tertiary/aromatic N) is 1. The first-order chi connectivity index (χ1) is 8.22. The maximum Gasteiger partial charge on any atom is 0.0481 e. The predicted molar refractivity (Wildman–Crippen MR) is 72.5 cm³/mol. The Morgan fingerprint density at radius 1 is 1.47 bits per heavy atom. The zero-order chi connectivity index (χ0) is 12.3. The second kappa shape index (κ2) is 5.41. The van der Waals surface area contributed by atoms with E-state index < -0.39 is 0 Å². The van der Waals surface area contributed by atoms with E-state index in [1.165, 1.54) is 24.1 Å². The molecule has 0 amide bonds. The van der Waals surface area contributed by atoms with E-state index in [9.17, 15) is 0 Å². The van der Waals surface area contributed by atoms with Gasteiger partial charge in [-0.15, -0.1) is 0 Å². The van der Waals surface area contributed by atoms with E-state index >= 15 is 0 Å². The molecule has 1 unspecified atom stereocenters. The number of nitrogens with two attached hydrogens (primary N) is 1. The van der Waals surface area contributed by atoms with Gasteiger partial charge in [0.05, 0.1) is 0 Å². The van der Waals surface area contributed by atoms with Crippen molar-refractivity contribution in [1.29, 1.82) is 0 Å². The Morgan fingerprint density at radius 3 is 3.06 bits per heavy atom. The molecule has 3 nitrogen and oxygen atoms in total. The lowest BCUT2D eigenvalue weighted by Crippen LogP contribution is -2.38. The molecule has 0 radical (unpaired) electrons. The molecule has 94 valence electrons. The summed E-state index contributed by atoms with van der Waals surface area (Å²) in [6, 6.07) is 6.79. The summed E-state index contributed by atoms with van der Waals surface area (Å²) < 4.78 is 5.16. The quantitative estimate of drug-likeness (QED) is 0.813. The smallest absolute Gasteiger partial charge is 0.0481 e. The topological polar surface area (TPSA) is 38.5 Å². The molecule has 2 N–H and O–H groups in total. The van der Waals surface area contributed by atoms with Crippen LogP contribution in [0.5, 0.6) is 0 Å². The van der Waals surface area contributed by atoms with Crippen molar-refractivity contribution in [2.24, 2.45) is 0 Å². The number of hydrogen-bond acceptors (Lipinski definition) is 3. The summed E-state index contributed by atoms with van der Waals surface area (Å²) in [4.78, 5) is 2.47. The number of ether oxygens (including phenoxy) is 1. The zero-order valence-electron chi connectivity index (χ0n) is 10.8. The third kappa shape index (κ3) is 2.72. The SMILES string of the molecule is COCCC(C)N1CCCc2ccc(N)cc21. The molecule has 1 atom stereocenters. The number of hydrogen-bond donors (Lipinski definition) is 1. The molecule has 1 heterocycles. The van der Waals surface area contributed by atoms with Gasteiger partial charge in [0.1, 0.15) is 0 Å². The second-order valence-electron chi connectivity index (χ2n) is 4.82. The molecule has 0 saturated heterocycles. The fourth-order valence-corrected chi connectivity index (χ4v) is 2.52. The fourth-order valence-electron chi connectivity index (χ4n) is 2.52. The van der Waals surface area contributed by atoms with E-state index in [4.69, 9.17) is 10.5 Å². The highest BCUT2D eigenvalue weighted by molar-refractivity contribution is 5.63. The van der Waals surface area contributed by atoms with Gasteiger partial charge < -0.3 is 15.4 Å². The van der Waals surface area contributed by atoms with Gasteiger partial charge in [0.2, 0.25) is 0 Å². The van der Waals surface area contributed by atoms with Gasteiger partial charge in [-0.3, -0.25) is 0 Å². The Morgan fingerprint density at radius 2 is 2.29 bits per heavy atom. The highest BCUT2D eigenvalue weighted by Crippen LogP contribution is 2.31. The predicted octanol–water partition coefficient (Wildman–Crippen LogP) is 2.45. The molecule has 3 heteroatoms. The Hall–Kier alpha value is -1.22. The third-order valence-electron chi connectivity index (χ3n) is 3.54. The van der Waals surface area contributed by atoms with Crippen molar-refractivity contribution in [1.82, 2.24) is 0 Å². The lowest BCUT2D eigenvalue weighted by atomic mass is 9.99. The Labute approximate surface area is 104 Å². The summed E-state index contributed by atoms with van der Waals surface area (Å²) in [5.74, 6) is 0. The molecule has 17 heavy (non-hydrogen) atoms. The van der Waals surface area contributed by atoms with E-state index in [1.54, 1.807) is 7.11 Å². The van der Waals surface area contributed by atoms with Crippen molar-refractivity contribution in [3.05, 3.63) is 23.8 Å². The van der Waals surface area contributed by atoms with E-state index in [2.05, 4.69) is 24.0 Å². The fraction of sp³-hybridized carbons (Fsp3) is 0.571. The molecule has 2 rings (SSSR count). The maximum atomic E-state index is 5.89. The van der Waals surface area contributed by atoms with Crippen LogP contribution in [0.25, 0.3) is 0 Å². The third-order valence-corrected chi connectivity index (χ3v) is 3.54. The number of nitrogen functional groups attached to an aromatic ring is 1. The maximum absolute atomic E-state index is 5.89. The van der Waals surface area contributed by atoms with Crippen molar-refractivity contribution in [3.8, 4) is 0 Å². The van der Waals surface area contributed by atoms with Gasteiger partial charge in [-0.2, -0.15) is 0 Å². The summed E-state index contributed by atoms with van der Waals surface area (Å²) in [6.45, 7) is 4.20. The molecule has 0 fully saturated rings. The van der Waals surface area contributed by atoms with Crippen LogP contribution in [0, 0.1) is 0 Å². The first-order valence-electron chi connectivity index (χ1n) is 6.36. The van der Waals surface area contributed by atoms with Crippen LogP contribution in [0.2, 0.25) is 0 Å². The Bertz CT molecular complexity index is 378. The average Bonchev–Trinajstić information content (AvgIpc) is 2.35. The van der Waals surface area contributed by atoms with Gasteiger partial charge in [-0.05, 0) is 43.9 Å². The molecule has 0 saturated carbocycles. The van der Waals surface area contributed by atoms with Crippen LogP contribution in [0.3, 0.4) is 0 Å². The molecule has 1 aromatic rings. The van der Waals surface area contributed by atoms with Crippen molar-refractivity contribution in [3.63, 3.8) is 0 Å². The summed E-state index contributed by atoms with van der Waals surface area (Å²) in [6.07, 6.45) is 3.46. The summed E-state index contributed by atoms with van der Waals surface area (Å²) >= 11 is 0. The molecule has 1 aromatic carbocycles. The van der Waals surface area contributed by atoms with Crippen LogP contribution in [0.4, 0.5) is 11.4 Å². The zero-order valence-corrected chi connectivity index (χ0v) is 10.8. The molecule has 1 aliphatic rings. The van der Waals surface area contributed by atoms with Gasteiger partial charge in [0.15, 0.2) is 0 Å². The van der Waals surface area contributed by atoms with Crippen molar-refractivity contribution >= 4 is 11.4 Å². The molecule has 1 aliphatic heterocycles. The summed E-state index contributed by atoms with van der Waals surface area (Å²) in [5, 5.41) is 0. The monoisotopic (exact) mass is 234 g/mol. The van der Waals surface area contributed by atoms with Crippen LogP contribution in [-0.2, 0) is 11.2 Å². The number of methoxy groups -OCH3 is 1. The van der Waals surface area contributed by atoms with Gasteiger partial charge in [-0.1, -0.05) is 6.07 Å². The van der Waals surface area contributed by atoms with Crippen LogP contribution in [0.15, 0.2) is 18.2 Å². The van der Waals surface area contributed by atoms with E-state index in [-0.39, 0.29) is 0 Å². The lowest BCUT2D eigenvalue weighted by Gasteiger charge is -2.36. The minimum absolute atomic E-state index is 0.510. The molecule has 0 aromatic heterocycles. The Kier molecular flexibility index (Phi) is 3.89.